The van der Waals surface area contributed by atoms with Gasteiger partial charge >= 0.3 is 0 Å². The molecule has 1 amide bonds. The van der Waals surface area contributed by atoms with Crippen LogP contribution in [-0.2, 0) is 6.54 Å². The van der Waals surface area contributed by atoms with Gasteiger partial charge in [-0.2, -0.15) is 4.98 Å². The number of nitrogens with one attached hydrogen (secondary N) is 3. The van der Waals surface area contributed by atoms with Crippen LogP contribution in [0.4, 0.5) is 23.1 Å². The van der Waals surface area contributed by atoms with Crippen LogP contribution >= 0.6 is 11.6 Å². The fourth-order valence-corrected chi connectivity index (χ4v) is 3.08. The van der Waals surface area contributed by atoms with Gasteiger partial charge in [0.2, 0.25) is 12.5 Å². The molecule has 3 N–H and O–H groups in total. The normalized spacial score (nSPS) is 10.2. The molecule has 3 aromatic rings. The van der Waals surface area contributed by atoms with E-state index < -0.39 is 0 Å². The van der Waals surface area contributed by atoms with Gasteiger partial charge in [-0.15, -0.1) is 0 Å². The lowest BCUT2D eigenvalue weighted by molar-refractivity contribution is 0.0964. The maximum atomic E-state index is 12.1. The number of methoxy groups -OCH3 is 1. The average molecular weight is 437 g/mol. The quantitative estimate of drug-likeness (QED) is 0.464. The van der Waals surface area contributed by atoms with Gasteiger partial charge in [0.05, 0.1) is 30.2 Å². The fraction of sp³-hybridized carbons (Fsp3) is 0.182. The second-order valence-electron chi connectivity index (χ2n) is 6.56. The second-order valence-corrected chi connectivity index (χ2v) is 6.97. The van der Waals surface area contributed by atoms with Gasteiger partial charge in [0.1, 0.15) is 10.8 Å². The molecule has 0 aliphatic heterocycles. The predicted molar refractivity (Wildman–Crippen MR) is 121 cm³/mol. The van der Waals surface area contributed by atoms with Gasteiger partial charge in [-0.05, 0) is 36.8 Å². The zero-order valence-corrected chi connectivity index (χ0v) is 18.0. The molecule has 9 heteroatoms. The number of aromatic nitrogens is 2. The summed E-state index contributed by atoms with van der Waals surface area (Å²) in [4.78, 5) is 24.3. The third-order valence-corrected chi connectivity index (χ3v) is 4.83. The highest BCUT2D eigenvalue weighted by atomic mass is 35.5. The van der Waals surface area contributed by atoms with Crippen molar-refractivity contribution in [2.24, 2.45) is 0 Å². The molecule has 0 spiro atoms. The van der Waals surface area contributed by atoms with Crippen molar-refractivity contribution in [3.63, 3.8) is 0 Å². The Morgan fingerprint density at radius 2 is 2.00 bits per heavy atom. The summed E-state index contributed by atoms with van der Waals surface area (Å²) in [6.45, 7) is 9.29. The zero-order chi connectivity index (χ0) is 22.4. The molecule has 0 saturated heterocycles. The van der Waals surface area contributed by atoms with E-state index in [1.54, 1.807) is 38.4 Å². The molecule has 31 heavy (non-hydrogen) atoms. The summed E-state index contributed by atoms with van der Waals surface area (Å²) in [5.74, 6) is 0.976. The molecule has 0 bridgehead atoms. The number of benzene rings is 2. The third-order valence-electron chi connectivity index (χ3n) is 4.55. The van der Waals surface area contributed by atoms with Crippen molar-refractivity contribution in [1.29, 1.82) is 0 Å². The molecule has 0 atom stereocenters. The van der Waals surface area contributed by atoms with Gasteiger partial charge in [-0.1, -0.05) is 23.7 Å². The number of aryl methyl sites for hydroxylation is 1. The minimum absolute atomic E-state index is 0.230. The Hall–Kier alpha value is -3.83. The fourth-order valence-electron chi connectivity index (χ4n) is 2.94. The van der Waals surface area contributed by atoms with Crippen molar-refractivity contribution in [3.05, 3.63) is 75.7 Å². The minimum atomic E-state index is -0.230. The van der Waals surface area contributed by atoms with Gasteiger partial charge in [-0.25, -0.2) is 11.6 Å². The molecule has 0 saturated carbocycles. The van der Waals surface area contributed by atoms with E-state index in [9.17, 15) is 4.79 Å². The SMILES string of the molecule is [C-]#[N+]Cc1cc(OC)c(Nc2ncc(Cl)c(Nc3ccccc3C(=O)NC)n2)cc1C. The monoisotopic (exact) mass is 436 g/mol. The zero-order valence-electron chi connectivity index (χ0n) is 17.3. The summed E-state index contributed by atoms with van der Waals surface area (Å²) in [6.07, 6.45) is 1.47. The van der Waals surface area contributed by atoms with Crippen LogP contribution in [0.3, 0.4) is 0 Å². The van der Waals surface area contributed by atoms with Gasteiger partial charge < -0.3 is 25.5 Å². The van der Waals surface area contributed by atoms with Crippen LogP contribution in [-0.4, -0.2) is 30.0 Å². The average Bonchev–Trinajstić information content (AvgIpc) is 2.77. The van der Waals surface area contributed by atoms with Gasteiger partial charge in [0.25, 0.3) is 5.91 Å². The van der Waals surface area contributed by atoms with Crippen LogP contribution in [0.1, 0.15) is 21.5 Å². The summed E-state index contributed by atoms with van der Waals surface area (Å²) in [6, 6.07) is 10.8. The third kappa shape index (κ3) is 5.02. The van der Waals surface area contributed by atoms with Crippen LogP contribution in [0.25, 0.3) is 4.85 Å². The summed E-state index contributed by atoms with van der Waals surface area (Å²) in [7, 11) is 3.13. The molecule has 3 rings (SSSR count). The molecule has 2 aromatic carbocycles. The Morgan fingerprint density at radius 1 is 1.23 bits per heavy atom. The number of carbonyl (C=O) groups is 1. The van der Waals surface area contributed by atoms with E-state index in [0.717, 1.165) is 11.1 Å². The highest BCUT2D eigenvalue weighted by Gasteiger charge is 2.14. The number of anilines is 4. The Labute approximate surface area is 185 Å². The molecule has 0 fully saturated rings. The van der Waals surface area contributed by atoms with E-state index >= 15 is 0 Å². The van der Waals surface area contributed by atoms with E-state index in [-0.39, 0.29) is 12.5 Å². The number of amides is 1. The maximum Gasteiger partial charge on any atom is 0.253 e. The molecule has 0 radical (unpaired) electrons. The maximum absolute atomic E-state index is 12.1. The van der Waals surface area contributed by atoms with Crippen molar-refractivity contribution >= 4 is 40.6 Å². The lowest BCUT2D eigenvalue weighted by Gasteiger charge is -2.15. The molecule has 0 aliphatic rings. The van der Waals surface area contributed by atoms with E-state index in [1.807, 2.05) is 19.1 Å². The molecule has 1 aromatic heterocycles. The van der Waals surface area contributed by atoms with Crippen molar-refractivity contribution in [3.8, 4) is 5.75 Å². The standard InChI is InChI=1S/C22H21ClN6O2/c1-13-9-18(19(31-4)10-14(13)11-24-2)28-22-26-12-16(23)20(29-22)27-17-8-6-5-7-15(17)21(30)25-3/h5-10,12H,11H2,1,3-4H3,(H,25,30)(H2,26,27,28,29). The summed E-state index contributed by atoms with van der Waals surface area (Å²) >= 11 is 6.29. The summed E-state index contributed by atoms with van der Waals surface area (Å²) < 4.78 is 5.46. The van der Waals surface area contributed by atoms with Crippen LogP contribution in [0.5, 0.6) is 5.75 Å². The number of para-hydroxylation sites is 1. The number of nitrogens with zero attached hydrogens (tertiary/aromatic N) is 3. The van der Waals surface area contributed by atoms with Crippen LogP contribution in [0.15, 0.2) is 42.6 Å². The van der Waals surface area contributed by atoms with Gasteiger partial charge in [-0.3, -0.25) is 4.79 Å². The Morgan fingerprint density at radius 3 is 2.71 bits per heavy atom. The number of hydrogen-bond acceptors (Lipinski definition) is 6. The van der Waals surface area contributed by atoms with E-state index in [2.05, 4.69) is 30.8 Å². The van der Waals surface area contributed by atoms with Gasteiger partial charge in [0, 0.05) is 12.6 Å². The molecular formula is C22H21ClN6O2. The first-order valence-electron chi connectivity index (χ1n) is 9.35. The van der Waals surface area contributed by atoms with E-state index in [1.165, 1.54) is 6.20 Å². The number of halogens is 1. The predicted octanol–water partition coefficient (Wildman–Crippen LogP) is 4.71. The van der Waals surface area contributed by atoms with Crippen molar-refractivity contribution < 1.29 is 9.53 Å². The lowest BCUT2D eigenvalue weighted by Crippen LogP contribution is -2.19. The van der Waals surface area contributed by atoms with Crippen LogP contribution < -0.4 is 20.7 Å². The second kappa shape index (κ2) is 9.78. The number of rotatable bonds is 7. The topological polar surface area (TPSA) is 92.5 Å². The number of hydrogen-bond donors (Lipinski definition) is 3. The van der Waals surface area contributed by atoms with Crippen molar-refractivity contribution in [2.75, 3.05) is 24.8 Å². The molecule has 158 valence electrons. The molecule has 0 aliphatic carbocycles. The van der Waals surface area contributed by atoms with Crippen molar-refractivity contribution in [2.45, 2.75) is 13.5 Å². The number of ether oxygens (including phenoxy) is 1. The van der Waals surface area contributed by atoms with Crippen LogP contribution in [0, 0.1) is 13.5 Å². The molecular weight excluding hydrogens is 416 g/mol. The van der Waals surface area contributed by atoms with Gasteiger partial charge in [0.15, 0.2) is 5.82 Å². The number of carbonyl (C=O) groups excluding carboxylic acids is 1. The van der Waals surface area contributed by atoms with Crippen LogP contribution in [0.2, 0.25) is 5.02 Å². The first-order valence-corrected chi connectivity index (χ1v) is 9.73. The Kier molecular flexibility index (Phi) is 6.90. The lowest BCUT2D eigenvalue weighted by atomic mass is 10.1. The largest absolute Gasteiger partial charge is 0.495 e. The Balaban J connectivity index is 1.92. The molecule has 8 nitrogen and oxygen atoms in total. The minimum Gasteiger partial charge on any atom is -0.495 e. The molecule has 1 heterocycles. The summed E-state index contributed by atoms with van der Waals surface area (Å²) in [5.41, 5.74) is 3.52. The highest BCUT2D eigenvalue weighted by Crippen LogP contribution is 2.32. The Bertz CT molecular complexity index is 1160. The first-order chi connectivity index (χ1) is 15.0. The van der Waals surface area contributed by atoms with E-state index in [4.69, 9.17) is 22.9 Å². The summed E-state index contributed by atoms with van der Waals surface area (Å²) in [5, 5.41) is 9.14. The first kappa shape index (κ1) is 21.9. The smallest absolute Gasteiger partial charge is 0.253 e. The highest BCUT2D eigenvalue weighted by molar-refractivity contribution is 6.33. The molecule has 0 unspecified atom stereocenters. The van der Waals surface area contributed by atoms with E-state index in [0.29, 0.717) is 39.5 Å². The van der Waals surface area contributed by atoms with Crippen molar-refractivity contribution in [1.82, 2.24) is 15.3 Å².